The molecule has 1 aliphatic heterocycles. The van der Waals surface area contributed by atoms with Gasteiger partial charge in [0.2, 0.25) is 11.6 Å². The van der Waals surface area contributed by atoms with Crippen molar-refractivity contribution < 1.29 is 13.6 Å². The zero-order valence-corrected chi connectivity index (χ0v) is 14.9. The van der Waals surface area contributed by atoms with Crippen LogP contribution in [-0.4, -0.2) is 42.0 Å². The molecule has 3 aromatic rings. The Balaban J connectivity index is 1.49. The van der Waals surface area contributed by atoms with Crippen LogP contribution in [0.5, 0.6) is 0 Å². The quantitative estimate of drug-likeness (QED) is 0.712. The van der Waals surface area contributed by atoms with Gasteiger partial charge in [-0.15, -0.1) is 0 Å². The van der Waals surface area contributed by atoms with Gasteiger partial charge in [-0.25, -0.2) is 0 Å². The van der Waals surface area contributed by atoms with Crippen LogP contribution < -0.4 is 4.90 Å². The van der Waals surface area contributed by atoms with E-state index in [2.05, 4.69) is 11.1 Å². The molecular formula is C20H18N4O3. The Labute approximate surface area is 156 Å². The summed E-state index contributed by atoms with van der Waals surface area (Å²) in [6.07, 6.45) is 1.53. The van der Waals surface area contributed by atoms with Crippen molar-refractivity contribution in [1.82, 2.24) is 9.88 Å². The van der Waals surface area contributed by atoms with Gasteiger partial charge in [-0.2, -0.15) is 10.2 Å². The van der Waals surface area contributed by atoms with Crippen LogP contribution in [0.25, 0.3) is 11.7 Å². The first-order valence-corrected chi connectivity index (χ1v) is 8.72. The number of furan rings is 1. The van der Waals surface area contributed by atoms with Gasteiger partial charge in [-0.1, -0.05) is 18.2 Å². The number of nitrogens with zero attached hydrogens (tertiary/aromatic N) is 4. The van der Waals surface area contributed by atoms with Crippen LogP contribution in [0.15, 0.2) is 51.5 Å². The second-order valence-corrected chi connectivity index (χ2v) is 6.36. The van der Waals surface area contributed by atoms with Crippen LogP contribution in [0, 0.1) is 18.3 Å². The van der Waals surface area contributed by atoms with Gasteiger partial charge in [0.15, 0.2) is 5.76 Å². The fourth-order valence-electron chi connectivity index (χ4n) is 3.20. The summed E-state index contributed by atoms with van der Waals surface area (Å²) in [5, 5.41) is 9.39. The van der Waals surface area contributed by atoms with Gasteiger partial charge in [0.1, 0.15) is 6.07 Å². The Bertz CT molecular complexity index is 993. The maximum atomic E-state index is 12.8. The van der Waals surface area contributed by atoms with Crippen molar-refractivity contribution in [2.24, 2.45) is 0 Å². The van der Waals surface area contributed by atoms with Crippen LogP contribution in [-0.2, 0) is 0 Å². The number of oxazole rings is 1. The van der Waals surface area contributed by atoms with E-state index < -0.39 is 0 Å². The number of carbonyl (C=O) groups excluding carboxylic acids is 1. The molecule has 0 spiro atoms. The number of rotatable bonds is 3. The molecule has 0 radical (unpaired) electrons. The molecule has 1 saturated heterocycles. The summed E-state index contributed by atoms with van der Waals surface area (Å²) in [5.74, 6) is 1.21. The molecule has 2 aromatic heterocycles. The second-order valence-electron chi connectivity index (χ2n) is 6.36. The van der Waals surface area contributed by atoms with E-state index in [0.717, 1.165) is 11.1 Å². The molecule has 3 heterocycles. The number of nitriles is 1. The Kier molecular flexibility index (Phi) is 4.38. The molecule has 0 aliphatic carbocycles. The van der Waals surface area contributed by atoms with Gasteiger partial charge in [0.05, 0.1) is 6.26 Å². The molecule has 4 rings (SSSR count). The van der Waals surface area contributed by atoms with Crippen molar-refractivity contribution >= 4 is 11.8 Å². The number of aromatic nitrogens is 1. The van der Waals surface area contributed by atoms with Crippen LogP contribution >= 0.6 is 0 Å². The molecule has 7 nitrogen and oxygen atoms in total. The van der Waals surface area contributed by atoms with E-state index in [1.54, 1.807) is 12.1 Å². The summed E-state index contributed by atoms with van der Waals surface area (Å²) in [5.41, 5.74) is 1.92. The summed E-state index contributed by atoms with van der Waals surface area (Å²) in [7, 11) is 0. The standard InChI is InChI=1S/C20H18N4O3/c1-14-5-2-3-6-15(14)19(25)23-8-10-24(11-9-23)20-16(13-21)22-18(27-20)17-7-4-12-26-17/h2-7,12H,8-11H2,1H3. The van der Waals surface area contributed by atoms with Crippen LogP contribution in [0.1, 0.15) is 21.6 Å². The molecule has 0 N–H and O–H groups in total. The molecule has 0 unspecified atom stereocenters. The molecule has 0 saturated carbocycles. The average Bonchev–Trinajstić information content (AvgIpc) is 3.37. The van der Waals surface area contributed by atoms with Gasteiger partial charge in [-0.3, -0.25) is 4.79 Å². The molecule has 1 aromatic carbocycles. The lowest BCUT2D eigenvalue weighted by Crippen LogP contribution is -2.49. The van der Waals surface area contributed by atoms with Crippen molar-refractivity contribution in [3.05, 3.63) is 59.5 Å². The fourth-order valence-corrected chi connectivity index (χ4v) is 3.20. The molecule has 0 atom stereocenters. The highest BCUT2D eigenvalue weighted by Gasteiger charge is 2.27. The predicted octanol–water partition coefficient (Wildman–Crippen LogP) is 3.08. The monoisotopic (exact) mass is 362 g/mol. The van der Waals surface area contributed by atoms with E-state index in [-0.39, 0.29) is 17.5 Å². The first-order valence-electron chi connectivity index (χ1n) is 8.72. The Morgan fingerprint density at radius 3 is 2.59 bits per heavy atom. The number of aryl methyl sites for hydroxylation is 1. The van der Waals surface area contributed by atoms with E-state index in [0.29, 0.717) is 37.8 Å². The number of benzene rings is 1. The van der Waals surface area contributed by atoms with Gasteiger partial charge in [0.25, 0.3) is 11.8 Å². The lowest BCUT2D eigenvalue weighted by Gasteiger charge is -2.34. The third-order valence-corrected chi connectivity index (χ3v) is 4.68. The highest BCUT2D eigenvalue weighted by atomic mass is 16.4. The highest BCUT2D eigenvalue weighted by molar-refractivity contribution is 5.95. The molecule has 0 bridgehead atoms. The summed E-state index contributed by atoms with van der Waals surface area (Å²) in [6, 6.07) is 13.1. The van der Waals surface area contributed by atoms with Crippen LogP contribution in [0.4, 0.5) is 5.88 Å². The topological polar surface area (TPSA) is 86.5 Å². The molecule has 27 heavy (non-hydrogen) atoms. The zero-order chi connectivity index (χ0) is 18.8. The lowest BCUT2D eigenvalue weighted by atomic mass is 10.1. The van der Waals surface area contributed by atoms with Crippen molar-refractivity contribution in [2.75, 3.05) is 31.1 Å². The van der Waals surface area contributed by atoms with Crippen LogP contribution in [0.2, 0.25) is 0 Å². The highest BCUT2D eigenvalue weighted by Crippen LogP contribution is 2.29. The second kappa shape index (κ2) is 7.00. The van der Waals surface area contributed by atoms with E-state index in [9.17, 15) is 10.1 Å². The van der Waals surface area contributed by atoms with E-state index >= 15 is 0 Å². The SMILES string of the molecule is Cc1ccccc1C(=O)N1CCN(c2oc(-c3ccco3)nc2C#N)CC1. The maximum absolute atomic E-state index is 12.8. The minimum Gasteiger partial charge on any atom is -0.459 e. The number of hydrogen-bond acceptors (Lipinski definition) is 6. The predicted molar refractivity (Wildman–Crippen MR) is 98.2 cm³/mol. The lowest BCUT2D eigenvalue weighted by molar-refractivity contribution is 0.0744. The molecule has 7 heteroatoms. The Hall–Kier alpha value is -3.53. The Morgan fingerprint density at radius 1 is 1.15 bits per heavy atom. The minimum absolute atomic E-state index is 0.0297. The van der Waals surface area contributed by atoms with Gasteiger partial charge < -0.3 is 18.6 Å². The summed E-state index contributed by atoms with van der Waals surface area (Å²) >= 11 is 0. The Morgan fingerprint density at radius 2 is 1.93 bits per heavy atom. The number of anilines is 1. The molecule has 1 amide bonds. The summed E-state index contributed by atoms with van der Waals surface area (Å²) < 4.78 is 11.1. The van der Waals surface area contributed by atoms with Crippen molar-refractivity contribution in [2.45, 2.75) is 6.92 Å². The largest absolute Gasteiger partial charge is 0.459 e. The normalized spacial score (nSPS) is 14.2. The third-order valence-electron chi connectivity index (χ3n) is 4.68. The van der Waals surface area contributed by atoms with Crippen molar-refractivity contribution in [3.8, 4) is 17.7 Å². The van der Waals surface area contributed by atoms with Gasteiger partial charge >= 0.3 is 0 Å². The number of amides is 1. The number of piperazine rings is 1. The van der Waals surface area contributed by atoms with Crippen molar-refractivity contribution in [3.63, 3.8) is 0 Å². The average molecular weight is 362 g/mol. The summed E-state index contributed by atoms with van der Waals surface area (Å²) in [6.45, 7) is 4.18. The first kappa shape index (κ1) is 16.9. The summed E-state index contributed by atoms with van der Waals surface area (Å²) in [4.78, 5) is 20.7. The molecule has 1 fully saturated rings. The van der Waals surface area contributed by atoms with E-state index in [1.165, 1.54) is 6.26 Å². The zero-order valence-electron chi connectivity index (χ0n) is 14.9. The van der Waals surface area contributed by atoms with Crippen molar-refractivity contribution in [1.29, 1.82) is 5.26 Å². The third kappa shape index (κ3) is 3.17. The van der Waals surface area contributed by atoms with Crippen LogP contribution in [0.3, 0.4) is 0 Å². The number of carbonyl (C=O) groups is 1. The molecule has 136 valence electrons. The maximum Gasteiger partial charge on any atom is 0.266 e. The first-order chi connectivity index (χ1) is 13.2. The van der Waals surface area contributed by atoms with Gasteiger partial charge in [-0.05, 0) is 30.7 Å². The van der Waals surface area contributed by atoms with Gasteiger partial charge in [0, 0.05) is 31.7 Å². The number of hydrogen-bond donors (Lipinski definition) is 0. The smallest absolute Gasteiger partial charge is 0.266 e. The molecule has 1 aliphatic rings. The van der Waals surface area contributed by atoms with E-state index in [4.69, 9.17) is 8.83 Å². The van der Waals surface area contributed by atoms with E-state index in [1.807, 2.05) is 41.0 Å². The fraction of sp³-hybridized carbons (Fsp3) is 0.250. The minimum atomic E-state index is 0.0297. The molecular weight excluding hydrogens is 344 g/mol.